The molecular weight excluding hydrogens is 396 g/mol. The van der Waals surface area contributed by atoms with Gasteiger partial charge in [0.25, 0.3) is 0 Å². The minimum atomic E-state index is -0.218. The average Bonchev–Trinajstić information content (AvgIpc) is 2.72. The van der Waals surface area contributed by atoms with Gasteiger partial charge in [-0.25, -0.2) is 14.8 Å². The van der Waals surface area contributed by atoms with Gasteiger partial charge in [0.2, 0.25) is 0 Å². The topological polar surface area (TPSA) is 120 Å². The second kappa shape index (κ2) is 9.84. The van der Waals surface area contributed by atoms with Crippen LogP contribution in [0.25, 0.3) is 0 Å². The summed E-state index contributed by atoms with van der Waals surface area (Å²) in [5.41, 5.74) is 1.96. The third-order valence-electron chi connectivity index (χ3n) is 4.91. The first-order valence-electron chi connectivity index (χ1n) is 10.1. The Morgan fingerprint density at radius 1 is 1.29 bits per heavy atom. The number of ether oxygens (including phenoxy) is 1. The number of urea groups is 1. The van der Waals surface area contributed by atoms with E-state index in [-0.39, 0.29) is 17.6 Å². The number of nitrogens with zero attached hydrogens (tertiary/aromatic N) is 3. The van der Waals surface area contributed by atoms with Crippen LogP contribution in [0.15, 0.2) is 35.5 Å². The number of hydrogen-bond acceptors (Lipinski definition) is 6. The summed E-state index contributed by atoms with van der Waals surface area (Å²) in [6.07, 6.45) is 4.29. The molecule has 0 spiro atoms. The molecule has 1 aromatic heterocycles. The lowest BCUT2D eigenvalue weighted by Crippen LogP contribution is -2.44. The normalized spacial score (nSPS) is 12.9. The van der Waals surface area contributed by atoms with Gasteiger partial charge < -0.3 is 15.0 Å². The number of Topliss-reactive ketones (excluding diaryl/α,β-unsaturated/α-hetero) is 1. The molecule has 1 fully saturated rings. The standard InChI is InChI=1S/C22H26N6O3/c1-4-18(29)15-13-25-19(27-22(30)28-10-7-11-28)12-17(15)26-16-9-6-8-14(20(16)31-3)21(23)24-5-2/h5-6,8-9,12-13,23H,4,7,10-11H2,1-3H3,(H2,25,26,27,30). The van der Waals surface area contributed by atoms with Gasteiger partial charge in [-0.3, -0.25) is 15.5 Å². The van der Waals surface area contributed by atoms with E-state index in [1.54, 1.807) is 43.0 Å². The minimum absolute atomic E-state index is 0.0603. The lowest BCUT2D eigenvalue weighted by molar-refractivity contribution is 0.0988. The first-order valence-corrected chi connectivity index (χ1v) is 10.1. The zero-order valence-electron chi connectivity index (χ0n) is 17.9. The first-order chi connectivity index (χ1) is 15.0. The summed E-state index contributed by atoms with van der Waals surface area (Å²) in [5.74, 6) is 0.737. The van der Waals surface area contributed by atoms with E-state index in [2.05, 4.69) is 20.6 Å². The SMILES string of the molecule is CC=NC(=N)c1cccc(Nc2cc(NC(=O)N3CCC3)ncc2C(=O)CC)c1OC. The number of rotatable bonds is 7. The second-order valence-corrected chi connectivity index (χ2v) is 6.91. The number of nitrogens with one attached hydrogen (secondary N) is 3. The molecule has 2 heterocycles. The van der Waals surface area contributed by atoms with E-state index >= 15 is 0 Å². The molecule has 3 rings (SSSR count). The fourth-order valence-electron chi connectivity index (χ4n) is 3.13. The number of ketones is 1. The monoisotopic (exact) mass is 422 g/mol. The van der Waals surface area contributed by atoms with Gasteiger partial charge in [-0.1, -0.05) is 13.0 Å². The summed E-state index contributed by atoms with van der Waals surface area (Å²) in [5, 5.41) is 14.1. The van der Waals surface area contributed by atoms with Gasteiger partial charge in [0.1, 0.15) is 5.82 Å². The number of anilines is 3. The molecule has 2 aromatic rings. The molecule has 0 saturated carbocycles. The largest absolute Gasteiger partial charge is 0.494 e. The van der Waals surface area contributed by atoms with Gasteiger partial charge in [0, 0.05) is 38.0 Å². The average molecular weight is 422 g/mol. The Kier molecular flexibility index (Phi) is 6.96. The summed E-state index contributed by atoms with van der Waals surface area (Å²) in [7, 11) is 1.51. The Hall–Kier alpha value is -3.75. The minimum Gasteiger partial charge on any atom is -0.494 e. The van der Waals surface area contributed by atoms with Gasteiger partial charge >= 0.3 is 6.03 Å². The molecule has 1 aliphatic rings. The van der Waals surface area contributed by atoms with Crippen LogP contribution in [0.2, 0.25) is 0 Å². The Morgan fingerprint density at radius 2 is 2.06 bits per heavy atom. The van der Waals surface area contributed by atoms with Gasteiger partial charge in [0.15, 0.2) is 17.4 Å². The number of carbonyl (C=O) groups is 2. The van der Waals surface area contributed by atoms with Crippen LogP contribution >= 0.6 is 0 Å². The maximum Gasteiger partial charge on any atom is 0.323 e. The smallest absolute Gasteiger partial charge is 0.323 e. The molecule has 9 nitrogen and oxygen atoms in total. The van der Waals surface area contributed by atoms with Crippen molar-refractivity contribution in [3.05, 3.63) is 41.6 Å². The Morgan fingerprint density at radius 3 is 2.68 bits per heavy atom. The van der Waals surface area contributed by atoms with Crippen molar-refractivity contribution in [2.45, 2.75) is 26.7 Å². The van der Waals surface area contributed by atoms with Gasteiger partial charge in [-0.15, -0.1) is 0 Å². The van der Waals surface area contributed by atoms with E-state index in [1.165, 1.54) is 19.5 Å². The number of aromatic nitrogens is 1. The van der Waals surface area contributed by atoms with Gasteiger partial charge in [-0.05, 0) is 25.5 Å². The van der Waals surface area contributed by atoms with E-state index in [0.717, 1.165) is 19.5 Å². The molecular formula is C22H26N6O3. The molecule has 0 radical (unpaired) electrons. The van der Waals surface area contributed by atoms with Crippen molar-refractivity contribution in [2.24, 2.45) is 4.99 Å². The van der Waals surface area contributed by atoms with Crippen molar-refractivity contribution in [1.82, 2.24) is 9.88 Å². The van der Waals surface area contributed by atoms with Crippen molar-refractivity contribution in [2.75, 3.05) is 30.8 Å². The Labute approximate surface area is 181 Å². The number of benzene rings is 1. The molecule has 0 bridgehead atoms. The van der Waals surface area contributed by atoms with Crippen molar-refractivity contribution in [1.29, 1.82) is 5.41 Å². The van der Waals surface area contributed by atoms with E-state index in [0.29, 0.717) is 40.5 Å². The van der Waals surface area contributed by atoms with Crippen LogP contribution in [0.1, 0.15) is 42.6 Å². The van der Waals surface area contributed by atoms with Gasteiger partial charge in [0.05, 0.1) is 29.6 Å². The fourth-order valence-corrected chi connectivity index (χ4v) is 3.13. The van der Waals surface area contributed by atoms with Crippen LogP contribution in [0.4, 0.5) is 22.0 Å². The molecule has 1 aromatic carbocycles. The third kappa shape index (κ3) is 4.88. The number of pyridine rings is 1. The summed E-state index contributed by atoms with van der Waals surface area (Å²) >= 11 is 0. The van der Waals surface area contributed by atoms with Crippen molar-refractivity contribution in [3.8, 4) is 5.75 Å². The number of hydrogen-bond donors (Lipinski definition) is 3. The highest BCUT2D eigenvalue weighted by Gasteiger charge is 2.22. The molecule has 0 unspecified atom stereocenters. The molecule has 1 saturated heterocycles. The lowest BCUT2D eigenvalue weighted by atomic mass is 10.1. The molecule has 3 N–H and O–H groups in total. The van der Waals surface area contributed by atoms with E-state index in [9.17, 15) is 9.59 Å². The molecule has 2 amide bonds. The van der Waals surface area contributed by atoms with E-state index in [4.69, 9.17) is 10.1 Å². The van der Waals surface area contributed by atoms with Crippen molar-refractivity contribution < 1.29 is 14.3 Å². The molecule has 1 aliphatic heterocycles. The molecule has 162 valence electrons. The molecule has 0 atom stereocenters. The van der Waals surface area contributed by atoms with Crippen LogP contribution in [-0.2, 0) is 0 Å². The third-order valence-corrected chi connectivity index (χ3v) is 4.91. The van der Waals surface area contributed by atoms with Crippen LogP contribution in [-0.4, -0.2) is 53.9 Å². The summed E-state index contributed by atoms with van der Waals surface area (Å²) < 4.78 is 5.54. The van der Waals surface area contributed by atoms with Crippen molar-refractivity contribution in [3.63, 3.8) is 0 Å². The molecule has 0 aliphatic carbocycles. The van der Waals surface area contributed by atoms with Gasteiger partial charge in [-0.2, -0.15) is 0 Å². The highest BCUT2D eigenvalue weighted by atomic mass is 16.5. The predicted octanol–water partition coefficient (Wildman–Crippen LogP) is 4.08. The number of likely N-dealkylation sites (tertiary alicyclic amines) is 1. The summed E-state index contributed by atoms with van der Waals surface area (Å²) in [6.45, 7) is 4.95. The van der Waals surface area contributed by atoms with Crippen LogP contribution in [0, 0.1) is 5.41 Å². The first kappa shape index (κ1) is 21.9. The molecule has 9 heteroatoms. The second-order valence-electron chi connectivity index (χ2n) is 6.91. The predicted molar refractivity (Wildman–Crippen MR) is 121 cm³/mol. The maximum absolute atomic E-state index is 12.5. The zero-order valence-corrected chi connectivity index (χ0v) is 17.9. The Balaban J connectivity index is 1.97. The fraction of sp³-hybridized carbons (Fsp3) is 0.318. The summed E-state index contributed by atoms with van der Waals surface area (Å²) in [4.78, 5) is 34.7. The number of amides is 2. The van der Waals surface area contributed by atoms with Crippen molar-refractivity contribution >= 4 is 41.1 Å². The van der Waals surface area contributed by atoms with Crippen LogP contribution < -0.4 is 15.4 Å². The van der Waals surface area contributed by atoms with E-state index < -0.39 is 0 Å². The highest BCUT2D eigenvalue weighted by molar-refractivity contribution is 6.05. The lowest BCUT2D eigenvalue weighted by Gasteiger charge is -2.30. The Bertz CT molecular complexity index is 1030. The number of aliphatic imine (C=N–C) groups is 1. The summed E-state index contributed by atoms with van der Waals surface area (Å²) in [6, 6.07) is 6.70. The molecule has 31 heavy (non-hydrogen) atoms. The maximum atomic E-state index is 12.5. The van der Waals surface area contributed by atoms with E-state index in [1.807, 2.05) is 0 Å². The number of para-hydroxylation sites is 1. The number of methoxy groups -OCH3 is 1. The van der Waals surface area contributed by atoms with Crippen LogP contribution in [0.5, 0.6) is 5.75 Å². The highest BCUT2D eigenvalue weighted by Crippen LogP contribution is 2.34. The quantitative estimate of drug-likeness (QED) is 0.353. The van der Waals surface area contributed by atoms with Crippen LogP contribution in [0.3, 0.4) is 0 Å². The number of carbonyl (C=O) groups excluding carboxylic acids is 2. The number of amidine groups is 1. The zero-order chi connectivity index (χ0) is 22.4.